The summed E-state index contributed by atoms with van der Waals surface area (Å²) in [5.74, 6) is 0.0541. The Kier molecular flexibility index (Phi) is 5.53. The molecule has 0 aliphatic heterocycles. The van der Waals surface area contributed by atoms with Crippen molar-refractivity contribution < 1.29 is 4.79 Å². The Hall–Kier alpha value is -1.51. The second-order valence-electron chi connectivity index (χ2n) is 4.45. The van der Waals surface area contributed by atoms with Gasteiger partial charge in [0.15, 0.2) is 0 Å². The van der Waals surface area contributed by atoms with E-state index < -0.39 is 0 Å². The van der Waals surface area contributed by atoms with Gasteiger partial charge in [0.2, 0.25) is 5.91 Å². The van der Waals surface area contributed by atoms with Crippen LogP contribution in [0, 0.1) is 6.92 Å². The van der Waals surface area contributed by atoms with Crippen molar-refractivity contribution in [3.63, 3.8) is 0 Å². The summed E-state index contributed by atoms with van der Waals surface area (Å²) in [6.45, 7) is 4.14. The standard InChI is InChI=1S/C14H22N2O/c1-3-4-5-6-7-14(17)16-13-10-11(2)8-9-12(13)15/h8-10H,3-7,15H2,1-2H3,(H,16,17). The molecule has 0 atom stereocenters. The molecule has 0 bridgehead atoms. The summed E-state index contributed by atoms with van der Waals surface area (Å²) in [5.41, 5.74) is 8.25. The number of carbonyl (C=O) groups excluding carboxylic acids is 1. The molecule has 3 nitrogen and oxygen atoms in total. The number of carbonyl (C=O) groups is 1. The number of unbranched alkanes of at least 4 members (excludes halogenated alkanes) is 3. The first-order valence-corrected chi connectivity index (χ1v) is 6.29. The van der Waals surface area contributed by atoms with Crippen LogP contribution >= 0.6 is 0 Å². The monoisotopic (exact) mass is 234 g/mol. The van der Waals surface area contributed by atoms with E-state index in [0.29, 0.717) is 12.1 Å². The van der Waals surface area contributed by atoms with Gasteiger partial charge in [-0.3, -0.25) is 4.79 Å². The van der Waals surface area contributed by atoms with E-state index in [1.54, 1.807) is 0 Å². The molecule has 1 aromatic rings. The molecule has 0 saturated heterocycles. The second-order valence-corrected chi connectivity index (χ2v) is 4.45. The van der Waals surface area contributed by atoms with Crippen LogP contribution in [-0.2, 0) is 4.79 Å². The van der Waals surface area contributed by atoms with Gasteiger partial charge in [-0.05, 0) is 31.0 Å². The molecule has 1 amide bonds. The van der Waals surface area contributed by atoms with Gasteiger partial charge in [0.1, 0.15) is 0 Å². The summed E-state index contributed by atoms with van der Waals surface area (Å²) in [7, 11) is 0. The molecule has 1 aromatic carbocycles. The average Bonchev–Trinajstić information content (AvgIpc) is 2.29. The van der Waals surface area contributed by atoms with Crippen molar-refractivity contribution in [1.29, 1.82) is 0 Å². The highest BCUT2D eigenvalue weighted by Gasteiger charge is 2.05. The maximum absolute atomic E-state index is 11.7. The lowest BCUT2D eigenvalue weighted by molar-refractivity contribution is -0.116. The fourth-order valence-corrected chi connectivity index (χ4v) is 1.70. The van der Waals surface area contributed by atoms with Gasteiger partial charge in [-0.15, -0.1) is 0 Å². The Morgan fingerprint density at radius 1 is 1.29 bits per heavy atom. The zero-order valence-electron chi connectivity index (χ0n) is 10.8. The number of nitrogens with one attached hydrogen (secondary N) is 1. The minimum absolute atomic E-state index is 0.0541. The number of anilines is 2. The molecule has 0 aliphatic carbocycles. The lowest BCUT2D eigenvalue weighted by Crippen LogP contribution is -2.12. The zero-order chi connectivity index (χ0) is 12.7. The molecular weight excluding hydrogens is 212 g/mol. The van der Waals surface area contributed by atoms with E-state index in [1.807, 2.05) is 25.1 Å². The summed E-state index contributed by atoms with van der Waals surface area (Å²) in [6, 6.07) is 5.66. The first-order chi connectivity index (χ1) is 8.13. The van der Waals surface area contributed by atoms with Crippen LogP contribution in [-0.4, -0.2) is 5.91 Å². The summed E-state index contributed by atoms with van der Waals surface area (Å²) in [6.07, 6.45) is 5.03. The molecule has 3 heteroatoms. The van der Waals surface area contributed by atoms with Crippen molar-refractivity contribution in [3.05, 3.63) is 23.8 Å². The predicted molar refractivity (Wildman–Crippen MR) is 73.0 cm³/mol. The van der Waals surface area contributed by atoms with E-state index in [4.69, 9.17) is 5.73 Å². The van der Waals surface area contributed by atoms with Crippen molar-refractivity contribution >= 4 is 17.3 Å². The summed E-state index contributed by atoms with van der Waals surface area (Å²) < 4.78 is 0. The molecule has 0 unspecified atom stereocenters. The zero-order valence-corrected chi connectivity index (χ0v) is 10.8. The molecule has 0 radical (unpaired) electrons. The lowest BCUT2D eigenvalue weighted by atomic mass is 10.1. The van der Waals surface area contributed by atoms with Crippen molar-refractivity contribution in [2.24, 2.45) is 0 Å². The fraction of sp³-hybridized carbons (Fsp3) is 0.500. The lowest BCUT2D eigenvalue weighted by Gasteiger charge is -2.08. The molecule has 1 rings (SSSR count). The number of benzene rings is 1. The Balaban J connectivity index is 2.42. The molecule has 0 spiro atoms. The van der Waals surface area contributed by atoms with Gasteiger partial charge < -0.3 is 11.1 Å². The van der Waals surface area contributed by atoms with Crippen LogP contribution in [0.3, 0.4) is 0 Å². The maximum Gasteiger partial charge on any atom is 0.224 e. The van der Waals surface area contributed by atoms with Crippen LogP contribution < -0.4 is 11.1 Å². The quantitative estimate of drug-likeness (QED) is 0.584. The van der Waals surface area contributed by atoms with Gasteiger partial charge in [0, 0.05) is 6.42 Å². The molecule has 0 aromatic heterocycles. The number of aryl methyl sites for hydroxylation is 1. The van der Waals surface area contributed by atoms with Crippen LogP contribution in [0.15, 0.2) is 18.2 Å². The molecule has 0 heterocycles. The normalized spacial score (nSPS) is 10.2. The van der Waals surface area contributed by atoms with Crippen LogP contribution in [0.4, 0.5) is 11.4 Å². The topological polar surface area (TPSA) is 55.1 Å². The Morgan fingerprint density at radius 3 is 2.76 bits per heavy atom. The first kappa shape index (κ1) is 13.6. The molecule has 0 fully saturated rings. The van der Waals surface area contributed by atoms with E-state index in [9.17, 15) is 4.79 Å². The van der Waals surface area contributed by atoms with Crippen molar-refractivity contribution in [1.82, 2.24) is 0 Å². The summed E-state index contributed by atoms with van der Waals surface area (Å²) in [4.78, 5) is 11.7. The Labute approximate surface area is 103 Å². The van der Waals surface area contributed by atoms with Crippen LogP contribution in [0.25, 0.3) is 0 Å². The molecule has 3 N–H and O–H groups in total. The third-order valence-corrected chi connectivity index (χ3v) is 2.74. The van der Waals surface area contributed by atoms with Gasteiger partial charge >= 0.3 is 0 Å². The van der Waals surface area contributed by atoms with Crippen molar-refractivity contribution in [2.45, 2.75) is 46.0 Å². The largest absolute Gasteiger partial charge is 0.397 e. The molecular formula is C14H22N2O. The SMILES string of the molecule is CCCCCCC(=O)Nc1cc(C)ccc1N. The van der Waals surface area contributed by atoms with Gasteiger partial charge in [-0.1, -0.05) is 32.3 Å². The minimum atomic E-state index is 0.0541. The van der Waals surface area contributed by atoms with Gasteiger partial charge in [0.25, 0.3) is 0 Å². The van der Waals surface area contributed by atoms with Crippen LogP contribution in [0.1, 0.15) is 44.6 Å². The third-order valence-electron chi connectivity index (χ3n) is 2.74. The average molecular weight is 234 g/mol. The second kappa shape index (κ2) is 6.94. The van der Waals surface area contributed by atoms with Crippen LogP contribution in [0.2, 0.25) is 0 Å². The summed E-state index contributed by atoms with van der Waals surface area (Å²) in [5, 5.41) is 2.86. The number of hydrogen-bond acceptors (Lipinski definition) is 2. The Morgan fingerprint density at radius 2 is 2.06 bits per heavy atom. The van der Waals surface area contributed by atoms with E-state index in [2.05, 4.69) is 12.2 Å². The van der Waals surface area contributed by atoms with Gasteiger partial charge in [-0.25, -0.2) is 0 Å². The van der Waals surface area contributed by atoms with Crippen molar-refractivity contribution in [2.75, 3.05) is 11.1 Å². The van der Waals surface area contributed by atoms with E-state index in [-0.39, 0.29) is 5.91 Å². The summed E-state index contributed by atoms with van der Waals surface area (Å²) >= 11 is 0. The fourth-order valence-electron chi connectivity index (χ4n) is 1.70. The molecule has 17 heavy (non-hydrogen) atoms. The highest BCUT2D eigenvalue weighted by atomic mass is 16.1. The van der Waals surface area contributed by atoms with E-state index >= 15 is 0 Å². The Bertz CT molecular complexity index is 374. The number of hydrogen-bond donors (Lipinski definition) is 2. The molecule has 0 saturated carbocycles. The van der Waals surface area contributed by atoms with Gasteiger partial charge in [0.05, 0.1) is 11.4 Å². The highest BCUT2D eigenvalue weighted by Crippen LogP contribution is 2.19. The number of nitrogen functional groups attached to an aromatic ring is 1. The molecule has 94 valence electrons. The van der Waals surface area contributed by atoms with E-state index in [0.717, 1.165) is 24.1 Å². The van der Waals surface area contributed by atoms with Crippen LogP contribution in [0.5, 0.6) is 0 Å². The predicted octanol–water partition coefficient (Wildman–Crippen LogP) is 3.49. The number of nitrogens with two attached hydrogens (primary N) is 1. The number of rotatable bonds is 6. The minimum Gasteiger partial charge on any atom is -0.397 e. The van der Waals surface area contributed by atoms with Crippen molar-refractivity contribution in [3.8, 4) is 0 Å². The molecule has 0 aliphatic rings. The maximum atomic E-state index is 11.7. The first-order valence-electron chi connectivity index (χ1n) is 6.29. The number of amides is 1. The van der Waals surface area contributed by atoms with E-state index in [1.165, 1.54) is 12.8 Å². The third kappa shape index (κ3) is 4.89. The smallest absolute Gasteiger partial charge is 0.224 e. The highest BCUT2D eigenvalue weighted by molar-refractivity contribution is 5.93. The van der Waals surface area contributed by atoms with Gasteiger partial charge in [-0.2, -0.15) is 0 Å².